The Morgan fingerprint density at radius 1 is 1.30 bits per heavy atom. The molecule has 0 unspecified atom stereocenters. The Bertz CT molecular complexity index is 571. The lowest BCUT2D eigenvalue weighted by Crippen LogP contribution is -2.25. The zero-order valence-corrected chi connectivity index (χ0v) is 11.4. The lowest BCUT2D eigenvalue weighted by atomic mass is 10.2. The number of nitrogen functional groups attached to an aromatic ring is 2. The molecule has 1 aromatic carbocycles. The van der Waals surface area contributed by atoms with Gasteiger partial charge in [-0.3, -0.25) is 10.2 Å². The van der Waals surface area contributed by atoms with Crippen molar-refractivity contribution in [2.45, 2.75) is 11.7 Å². The van der Waals surface area contributed by atoms with Crippen molar-refractivity contribution in [2.24, 2.45) is 5.84 Å². The highest BCUT2D eigenvalue weighted by Crippen LogP contribution is 2.15. The fourth-order valence-electron chi connectivity index (χ4n) is 1.45. The fraction of sp³-hybridized carbons (Fsp3) is 0.182. The normalized spacial score (nSPS) is 10.2. The van der Waals surface area contributed by atoms with E-state index in [-0.39, 0.29) is 17.6 Å². The minimum atomic E-state index is -0.107. The molecule has 2 aromatic rings. The van der Waals surface area contributed by atoms with E-state index in [4.69, 9.17) is 11.7 Å². The number of carbonyl (C=O) groups is 1. The van der Waals surface area contributed by atoms with Crippen LogP contribution in [-0.4, -0.2) is 26.5 Å². The first-order valence-corrected chi connectivity index (χ1v) is 6.80. The molecular weight excluding hydrogens is 278 g/mol. The van der Waals surface area contributed by atoms with Crippen LogP contribution in [0.3, 0.4) is 0 Å². The van der Waals surface area contributed by atoms with E-state index in [1.165, 1.54) is 16.4 Å². The zero-order valence-electron chi connectivity index (χ0n) is 10.6. The minimum Gasteiger partial charge on any atom is -0.351 e. The van der Waals surface area contributed by atoms with Crippen LogP contribution >= 0.6 is 11.8 Å². The van der Waals surface area contributed by atoms with Gasteiger partial charge in [0, 0.05) is 6.54 Å². The monoisotopic (exact) mass is 293 g/mol. The summed E-state index contributed by atoms with van der Waals surface area (Å²) in [5.41, 5.74) is 3.34. The van der Waals surface area contributed by atoms with Crippen LogP contribution in [0.2, 0.25) is 0 Å². The van der Waals surface area contributed by atoms with Gasteiger partial charge in [-0.1, -0.05) is 42.1 Å². The molecule has 0 saturated carbocycles. The van der Waals surface area contributed by atoms with Gasteiger partial charge < -0.3 is 11.2 Å². The number of anilines is 1. The number of amides is 1. The number of aromatic nitrogens is 3. The fourth-order valence-corrected chi connectivity index (χ4v) is 2.14. The van der Waals surface area contributed by atoms with Crippen LogP contribution in [-0.2, 0) is 11.3 Å². The molecule has 1 amide bonds. The van der Waals surface area contributed by atoms with Gasteiger partial charge in [0.2, 0.25) is 11.1 Å². The largest absolute Gasteiger partial charge is 0.351 e. The van der Waals surface area contributed by atoms with Crippen LogP contribution in [0.15, 0.2) is 35.5 Å². The number of rotatable bonds is 6. The van der Waals surface area contributed by atoms with Gasteiger partial charge in [0.05, 0.1) is 5.75 Å². The third-order valence-electron chi connectivity index (χ3n) is 2.46. The molecule has 0 spiro atoms. The van der Waals surface area contributed by atoms with E-state index in [1.807, 2.05) is 30.3 Å². The number of hydrazine groups is 1. The molecule has 1 heterocycles. The summed E-state index contributed by atoms with van der Waals surface area (Å²) in [5.74, 6) is 11.2. The second-order valence-corrected chi connectivity index (χ2v) is 4.81. The van der Waals surface area contributed by atoms with E-state index in [9.17, 15) is 4.79 Å². The second kappa shape index (κ2) is 6.78. The summed E-state index contributed by atoms with van der Waals surface area (Å²) >= 11 is 1.18. The minimum absolute atomic E-state index is 0.107. The van der Waals surface area contributed by atoms with E-state index in [2.05, 4.69) is 20.9 Å². The van der Waals surface area contributed by atoms with Crippen molar-refractivity contribution in [1.29, 1.82) is 0 Å². The van der Waals surface area contributed by atoms with Crippen LogP contribution < -0.4 is 22.4 Å². The van der Waals surface area contributed by atoms with Crippen molar-refractivity contribution >= 4 is 23.6 Å². The van der Waals surface area contributed by atoms with Gasteiger partial charge in [-0.2, -0.15) is 0 Å². The number of nitrogens with one attached hydrogen (secondary N) is 2. The summed E-state index contributed by atoms with van der Waals surface area (Å²) in [4.78, 5) is 11.7. The molecule has 1 aromatic heterocycles. The topological polar surface area (TPSA) is 124 Å². The molecule has 6 N–H and O–H groups in total. The molecule has 106 valence electrons. The number of benzene rings is 1. The molecular formula is C11H15N7OS. The Kier molecular flexibility index (Phi) is 4.80. The molecule has 0 aliphatic rings. The Morgan fingerprint density at radius 2 is 2.05 bits per heavy atom. The standard InChI is InChI=1S/C11H15N7OS/c12-15-10-16-17-11(18(10)13)20-7-9(19)14-6-8-4-2-1-3-5-8/h1-5H,6-7,12-13H2,(H,14,19)(H,15,16). The van der Waals surface area contributed by atoms with Gasteiger partial charge in [0.1, 0.15) is 0 Å². The van der Waals surface area contributed by atoms with Gasteiger partial charge in [-0.05, 0) is 5.56 Å². The number of carbonyl (C=O) groups excluding carboxylic acids is 1. The van der Waals surface area contributed by atoms with Crippen molar-refractivity contribution in [2.75, 3.05) is 17.0 Å². The van der Waals surface area contributed by atoms with Crippen molar-refractivity contribution in [3.63, 3.8) is 0 Å². The van der Waals surface area contributed by atoms with Gasteiger partial charge in [-0.25, -0.2) is 10.5 Å². The quantitative estimate of drug-likeness (QED) is 0.327. The Balaban J connectivity index is 1.79. The van der Waals surface area contributed by atoms with Crippen molar-refractivity contribution in [3.05, 3.63) is 35.9 Å². The van der Waals surface area contributed by atoms with Crippen LogP contribution in [0, 0.1) is 0 Å². The van der Waals surface area contributed by atoms with Crippen LogP contribution in [0.25, 0.3) is 0 Å². The maximum Gasteiger partial charge on any atom is 0.258 e. The van der Waals surface area contributed by atoms with Gasteiger partial charge in [0.25, 0.3) is 5.95 Å². The lowest BCUT2D eigenvalue weighted by Gasteiger charge is -2.05. The molecule has 0 atom stereocenters. The number of nitrogens with two attached hydrogens (primary N) is 2. The number of thioether (sulfide) groups is 1. The Morgan fingerprint density at radius 3 is 2.70 bits per heavy atom. The van der Waals surface area contributed by atoms with E-state index < -0.39 is 0 Å². The average Bonchev–Trinajstić information content (AvgIpc) is 2.84. The highest BCUT2D eigenvalue weighted by molar-refractivity contribution is 7.99. The average molecular weight is 293 g/mol. The summed E-state index contributed by atoms with van der Waals surface area (Å²) in [6.07, 6.45) is 0. The molecule has 0 aliphatic carbocycles. The molecule has 9 heteroatoms. The van der Waals surface area contributed by atoms with E-state index in [1.54, 1.807) is 0 Å². The number of hydrogen-bond acceptors (Lipinski definition) is 7. The lowest BCUT2D eigenvalue weighted by molar-refractivity contribution is -0.118. The molecule has 0 bridgehead atoms. The van der Waals surface area contributed by atoms with E-state index in [0.29, 0.717) is 11.7 Å². The predicted molar refractivity (Wildman–Crippen MR) is 77.0 cm³/mol. The smallest absolute Gasteiger partial charge is 0.258 e. The van der Waals surface area contributed by atoms with Crippen molar-refractivity contribution < 1.29 is 4.79 Å². The maximum absolute atomic E-state index is 11.7. The summed E-state index contributed by atoms with van der Waals surface area (Å²) in [7, 11) is 0. The highest BCUT2D eigenvalue weighted by atomic mass is 32.2. The first-order chi connectivity index (χ1) is 9.70. The van der Waals surface area contributed by atoms with Crippen LogP contribution in [0.4, 0.5) is 5.95 Å². The second-order valence-electron chi connectivity index (χ2n) is 3.87. The molecule has 20 heavy (non-hydrogen) atoms. The SMILES string of the molecule is NNc1nnc(SCC(=O)NCc2ccccc2)n1N. The summed E-state index contributed by atoms with van der Waals surface area (Å²) < 4.78 is 1.19. The Labute approximate surface area is 119 Å². The third-order valence-corrected chi connectivity index (χ3v) is 3.40. The Hall–Kier alpha value is -2.26. The van der Waals surface area contributed by atoms with Crippen molar-refractivity contribution in [3.8, 4) is 0 Å². The first kappa shape index (κ1) is 14.2. The summed E-state index contributed by atoms with van der Waals surface area (Å²) in [6.45, 7) is 0.491. The maximum atomic E-state index is 11.7. The van der Waals surface area contributed by atoms with Crippen molar-refractivity contribution in [1.82, 2.24) is 20.2 Å². The first-order valence-electron chi connectivity index (χ1n) is 5.81. The molecule has 0 fully saturated rings. The number of hydrogen-bond donors (Lipinski definition) is 4. The van der Waals surface area contributed by atoms with Gasteiger partial charge in [-0.15, -0.1) is 10.2 Å². The van der Waals surface area contributed by atoms with E-state index >= 15 is 0 Å². The molecule has 0 radical (unpaired) electrons. The molecule has 2 rings (SSSR count). The van der Waals surface area contributed by atoms with Crippen LogP contribution in [0.1, 0.15) is 5.56 Å². The molecule has 0 aliphatic heterocycles. The molecule has 0 saturated heterocycles. The summed E-state index contributed by atoms with van der Waals surface area (Å²) in [6, 6.07) is 9.67. The van der Waals surface area contributed by atoms with Gasteiger partial charge >= 0.3 is 0 Å². The third kappa shape index (κ3) is 3.62. The predicted octanol–water partition coefficient (Wildman–Crippen LogP) is -0.314. The number of nitrogens with zero attached hydrogens (tertiary/aromatic N) is 3. The van der Waals surface area contributed by atoms with E-state index in [0.717, 1.165) is 5.56 Å². The molecule has 8 nitrogen and oxygen atoms in total. The summed E-state index contributed by atoms with van der Waals surface area (Å²) in [5, 5.41) is 10.7. The highest BCUT2D eigenvalue weighted by Gasteiger charge is 2.11. The zero-order chi connectivity index (χ0) is 14.4. The van der Waals surface area contributed by atoms with Crippen LogP contribution in [0.5, 0.6) is 0 Å². The van der Waals surface area contributed by atoms with Gasteiger partial charge in [0.15, 0.2) is 0 Å².